The zero-order valence-corrected chi connectivity index (χ0v) is 22.3. The van der Waals surface area contributed by atoms with E-state index in [4.69, 9.17) is 0 Å². The molecular formula is C32H35N3O3. The van der Waals surface area contributed by atoms with Gasteiger partial charge in [0, 0.05) is 41.5 Å². The Kier molecular flexibility index (Phi) is 7.34. The van der Waals surface area contributed by atoms with E-state index in [1.54, 1.807) is 12.1 Å². The van der Waals surface area contributed by atoms with Crippen molar-refractivity contribution in [1.82, 2.24) is 14.8 Å². The minimum Gasteiger partial charge on any atom is -0.478 e. The number of carbonyl (C=O) groups excluding carboxylic acids is 1. The molecule has 2 N–H and O–H groups in total. The highest BCUT2D eigenvalue weighted by Gasteiger charge is 2.25. The summed E-state index contributed by atoms with van der Waals surface area (Å²) in [6.07, 6.45) is 1.94. The van der Waals surface area contributed by atoms with Crippen molar-refractivity contribution in [3.8, 4) is 5.69 Å². The smallest absolute Gasteiger partial charge is 0.335 e. The van der Waals surface area contributed by atoms with Gasteiger partial charge in [-0.15, -0.1) is 0 Å². The van der Waals surface area contributed by atoms with E-state index in [9.17, 15) is 14.7 Å². The molecule has 1 fully saturated rings. The van der Waals surface area contributed by atoms with Gasteiger partial charge in [0.2, 0.25) is 0 Å². The lowest BCUT2D eigenvalue weighted by atomic mass is 10.0. The van der Waals surface area contributed by atoms with E-state index in [1.807, 2.05) is 48.5 Å². The fraction of sp³-hybridized carbons (Fsp3) is 0.312. The largest absolute Gasteiger partial charge is 0.478 e. The summed E-state index contributed by atoms with van der Waals surface area (Å²) in [5.41, 5.74) is 6.48. The molecule has 1 amide bonds. The molecule has 1 atom stereocenters. The maximum atomic E-state index is 13.0. The second kappa shape index (κ2) is 10.8. The Morgan fingerprint density at radius 3 is 2.39 bits per heavy atom. The Labute approximate surface area is 223 Å². The average Bonchev–Trinajstić information content (AvgIpc) is 3.19. The van der Waals surface area contributed by atoms with Crippen LogP contribution in [0.5, 0.6) is 0 Å². The van der Waals surface area contributed by atoms with Crippen LogP contribution in [0.1, 0.15) is 70.1 Å². The molecule has 196 valence electrons. The Morgan fingerprint density at radius 2 is 1.71 bits per heavy atom. The second-order valence-electron chi connectivity index (χ2n) is 10.6. The normalized spacial score (nSPS) is 16.2. The van der Waals surface area contributed by atoms with Gasteiger partial charge in [-0.3, -0.25) is 9.69 Å². The van der Waals surface area contributed by atoms with Gasteiger partial charge in [-0.25, -0.2) is 4.79 Å². The highest BCUT2D eigenvalue weighted by atomic mass is 16.4. The molecule has 0 saturated carbocycles. The van der Waals surface area contributed by atoms with E-state index < -0.39 is 5.97 Å². The molecule has 3 aromatic carbocycles. The molecule has 0 aliphatic carbocycles. The predicted molar refractivity (Wildman–Crippen MR) is 151 cm³/mol. The van der Waals surface area contributed by atoms with Crippen LogP contribution in [0.2, 0.25) is 0 Å². The molecule has 5 rings (SSSR count). The standard InChI is InChI=1S/C32H35N3O3/c1-21(2)23-11-13-24(14-12-23)31(36)33-26-8-7-17-34(19-26)20-29-22(3)35(27-9-5-4-6-10-27)30-16-15-25(32(37)38)18-28(29)30/h4-6,9-16,18,21,26H,7-8,17,19-20H2,1-3H3,(H,33,36)(H,37,38). The highest BCUT2D eigenvalue weighted by molar-refractivity contribution is 5.96. The first kappa shape index (κ1) is 25.7. The van der Waals surface area contributed by atoms with Gasteiger partial charge in [-0.1, -0.05) is 44.2 Å². The van der Waals surface area contributed by atoms with Gasteiger partial charge in [0.1, 0.15) is 0 Å². The lowest BCUT2D eigenvalue weighted by Gasteiger charge is -2.33. The molecule has 6 nitrogen and oxygen atoms in total. The fourth-order valence-corrected chi connectivity index (χ4v) is 5.55. The summed E-state index contributed by atoms with van der Waals surface area (Å²) in [6, 6.07) is 23.5. The number of para-hydroxylation sites is 1. The topological polar surface area (TPSA) is 74.6 Å². The zero-order valence-electron chi connectivity index (χ0n) is 22.3. The van der Waals surface area contributed by atoms with Gasteiger partial charge < -0.3 is 15.0 Å². The maximum Gasteiger partial charge on any atom is 0.335 e. The molecule has 1 aliphatic rings. The van der Waals surface area contributed by atoms with Crippen molar-refractivity contribution in [1.29, 1.82) is 0 Å². The molecule has 1 aliphatic heterocycles. The third kappa shape index (κ3) is 5.22. The van der Waals surface area contributed by atoms with Gasteiger partial charge >= 0.3 is 5.97 Å². The van der Waals surface area contributed by atoms with E-state index in [-0.39, 0.29) is 17.5 Å². The van der Waals surface area contributed by atoms with Crippen LogP contribution < -0.4 is 5.32 Å². The summed E-state index contributed by atoms with van der Waals surface area (Å²) in [5.74, 6) is -0.526. The monoisotopic (exact) mass is 509 g/mol. The number of piperidine rings is 1. The first-order valence-corrected chi connectivity index (χ1v) is 13.4. The van der Waals surface area contributed by atoms with Crippen molar-refractivity contribution < 1.29 is 14.7 Å². The van der Waals surface area contributed by atoms with Crippen LogP contribution in [0.15, 0.2) is 72.8 Å². The van der Waals surface area contributed by atoms with Crippen LogP contribution in [0.4, 0.5) is 0 Å². The fourth-order valence-electron chi connectivity index (χ4n) is 5.55. The number of rotatable bonds is 7. The van der Waals surface area contributed by atoms with Gasteiger partial charge in [0.25, 0.3) is 5.91 Å². The molecule has 0 spiro atoms. The van der Waals surface area contributed by atoms with E-state index in [1.165, 1.54) is 5.56 Å². The Balaban J connectivity index is 1.38. The lowest BCUT2D eigenvalue weighted by Crippen LogP contribution is -2.47. The summed E-state index contributed by atoms with van der Waals surface area (Å²) >= 11 is 0. The minimum atomic E-state index is -0.926. The minimum absolute atomic E-state index is 0.0323. The van der Waals surface area contributed by atoms with E-state index >= 15 is 0 Å². The summed E-state index contributed by atoms with van der Waals surface area (Å²) in [6.45, 7) is 8.78. The molecule has 6 heteroatoms. The number of likely N-dealkylation sites (tertiary alicyclic amines) is 1. The highest BCUT2D eigenvalue weighted by Crippen LogP contribution is 2.32. The molecule has 1 unspecified atom stereocenters. The van der Waals surface area contributed by atoms with Crippen molar-refractivity contribution in [2.24, 2.45) is 0 Å². The number of benzene rings is 3. The number of carbonyl (C=O) groups is 2. The second-order valence-corrected chi connectivity index (χ2v) is 10.6. The van der Waals surface area contributed by atoms with Crippen LogP contribution in [-0.2, 0) is 6.54 Å². The number of carboxylic acids is 1. The SMILES string of the molecule is Cc1c(CN2CCCC(NC(=O)c3ccc(C(C)C)cc3)C2)c2cc(C(=O)O)ccc2n1-c1ccccc1. The lowest BCUT2D eigenvalue weighted by molar-refractivity contribution is 0.0696. The van der Waals surface area contributed by atoms with Crippen molar-refractivity contribution in [2.75, 3.05) is 13.1 Å². The summed E-state index contributed by atoms with van der Waals surface area (Å²) in [4.78, 5) is 27.1. The summed E-state index contributed by atoms with van der Waals surface area (Å²) in [5, 5.41) is 13.9. The number of fused-ring (bicyclic) bond motifs is 1. The first-order chi connectivity index (χ1) is 18.3. The quantitative estimate of drug-likeness (QED) is 0.313. The number of nitrogens with zero attached hydrogens (tertiary/aromatic N) is 2. The Morgan fingerprint density at radius 1 is 1.00 bits per heavy atom. The van der Waals surface area contributed by atoms with E-state index in [0.29, 0.717) is 18.0 Å². The van der Waals surface area contributed by atoms with Crippen LogP contribution >= 0.6 is 0 Å². The predicted octanol–water partition coefficient (Wildman–Crippen LogP) is 6.15. The third-order valence-corrected chi connectivity index (χ3v) is 7.66. The molecule has 0 radical (unpaired) electrons. The number of hydrogen-bond acceptors (Lipinski definition) is 3. The average molecular weight is 510 g/mol. The zero-order chi connectivity index (χ0) is 26.8. The first-order valence-electron chi connectivity index (χ1n) is 13.4. The number of aromatic nitrogens is 1. The Bertz CT molecular complexity index is 1460. The van der Waals surface area contributed by atoms with Gasteiger partial charge in [-0.2, -0.15) is 0 Å². The Hall–Kier alpha value is -3.90. The van der Waals surface area contributed by atoms with Crippen LogP contribution in [0, 0.1) is 6.92 Å². The third-order valence-electron chi connectivity index (χ3n) is 7.66. The van der Waals surface area contributed by atoms with Crippen molar-refractivity contribution in [3.63, 3.8) is 0 Å². The molecule has 2 heterocycles. The molecule has 1 aromatic heterocycles. The van der Waals surface area contributed by atoms with Crippen LogP contribution in [-0.4, -0.2) is 45.6 Å². The maximum absolute atomic E-state index is 13.0. The molecule has 1 saturated heterocycles. The number of amides is 1. The molecule has 0 bridgehead atoms. The summed E-state index contributed by atoms with van der Waals surface area (Å²) in [7, 11) is 0. The van der Waals surface area contributed by atoms with Gasteiger partial charge in [0.15, 0.2) is 0 Å². The molecule has 4 aromatic rings. The summed E-state index contributed by atoms with van der Waals surface area (Å²) < 4.78 is 2.21. The van der Waals surface area contributed by atoms with Gasteiger partial charge in [-0.05, 0) is 85.8 Å². The number of nitrogens with one attached hydrogen (secondary N) is 1. The number of hydrogen-bond donors (Lipinski definition) is 2. The molecular weight excluding hydrogens is 474 g/mol. The number of aromatic carboxylic acids is 1. The van der Waals surface area contributed by atoms with Crippen molar-refractivity contribution >= 4 is 22.8 Å². The van der Waals surface area contributed by atoms with Crippen LogP contribution in [0.3, 0.4) is 0 Å². The van der Waals surface area contributed by atoms with Gasteiger partial charge in [0.05, 0.1) is 11.1 Å². The number of carboxylic acid groups (broad SMARTS) is 1. The van der Waals surface area contributed by atoms with Crippen LogP contribution in [0.25, 0.3) is 16.6 Å². The molecule has 38 heavy (non-hydrogen) atoms. The van der Waals surface area contributed by atoms with Crippen molar-refractivity contribution in [3.05, 3.63) is 101 Å². The van der Waals surface area contributed by atoms with Crippen molar-refractivity contribution in [2.45, 2.75) is 52.1 Å². The van der Waals surface area contributed by atoms with E-state index in [0.717, 1.165) is 53.8 Å². The van der Waals surface area contributed by atoms with E-state index in [2.05, 4.69) is 47.7 Å².